The number of hydrogen-bond acceptors (Lipinski definition) is 4. The number of amides is 1. The summed E-state index contributed by atoms with van der Waals surface area (Å²) in [5.41, 5.74) is 8.27. The Morgan fingerprint density at radius 2 is 1.66 bits per heavy atom. The fraction of sp³-hybridized carbons (Fsp3) is 0.333. The van der Waals surface area contributed by atoms with Gasteiger partial charge in [-0.05, 0) is 61.7 Å². The van der Waals surface area contributed by atoms with Crippen molar-refractivity contribution in [2.24, 2.45) is 5.73 Å². The predicted octanol–water partition coefficient (Wildman–Crippen LogP) is 5.60. The fourth-order valence-corrected chi connectivity index (χ4v) is 3.64. The molecule has 0 atom stereocenters. The van der Waals surface area contributed by atoms with Gasteiger partial charge in [0.2, 0.25) is 11.8 Å². The average molecular weight is 432 g/mol. The van der Waals surface area contributed by atoms with Crippen LogP contribution in [-0.2, 0) is 13.0 Å². The van der Waals surface area contributed by atoms with Gasteiger partial charge < -0.3 is 10.5 Å². The van der Waals surface area contributed by atoms with Crippen molar-refractivity contribution in [3.63, 3.8) is 0 Å². The molecule has 1 heterocycles. The second kappa shape index (κ2) is 12.6. The molecule has 5 nitrogen and oxygen atoms in total. The third-order valence-electron chi connectivity index (χ3n) is 5.43. The van der Waals surface area contributed by atoms with Gasteiger partial charge in [-0.15, -0.1) is 0 Å². The number of hydrogen-bond donors (Lipinski definition) is 1. The molecular weight excluding hydrogens is 398 g/mol. The van der Waals surface area contributed by atoms with Gasteiger partial charge in [0.1, 0.15) is 5.75 Å². The van der Waals surface area contributed by atoms with E-state index in [4.69, 9.17) is 10.5 Å². The monoisotopic (exact) mass is 431 g/mol. The molecule has 0 unspecified atom stereocenters. The Bertz CT molecular complexity index is 941. The molecule has 32 heavy (non-hydrogen) atoms. The zero-order chi connectivity index (χ0) is 22.6. The lowest BCUT2D eigenvalue weighted by atomic mass is 10.1. The molecular formula is C27H33N3O2. The van der Waals surface area contributed by atoms with Gasteiger partial charge in [-0.1, -0.05) is 62.2 Å². The Morgan fingerprint density at radius 1 is 0.906 bits per heavy atom. The normalized spacial score (nSPS) is 10.9. The molecule has 1 amide bonds. The first-order chi connectivity index (χ1) is 15.6. The molecule has 0 aliphatic heterocycles. The molecule has 0 bridgehead atoms. The molecule has 0 radical (unpaired) electrons. The van der Waals surface area contributed by atoms with E-state index in [1.165, 1.54) is 36.6 Å². The van der Waals surface area contributed by atoms with Crippen LogP contribution in [0.2, 0.25) is 0 Å². The highest BCUT2D eigenvalue weighted by atomic mass is 16.5. The number of carbonyl (C=O) groups excluding carboxylic acids is 1. The quantitative estimate of drug-likeness (QED) is 0.358. The number of unbranched alkanes of at least 4 members (excludes halogenated alkanes) is 2. The zero-order valence-corrected chi connectivity index (χ0v) is 18.9. The molecule has 0 fully saturated rings. The van der Waals surface area contributed by atoms with Crippen molar-refractivity contribution in [2.45, 2.75) is 45.6 Å². The summed E-state index contributed by atoms with van der Waals surface area (Å²) in [5, 5.41) is 0. The van der Waals surface area contributed by atoms with Crippen LogP contribution in [0.1, 0.15) is 54.1 Å². The first kappa shape index (κ1) is 23.5. The summed E-state index contributed by atoms with van der Waals surface area (Å²) in [6.45, 7) is 5.50. The molecule has 168 valence electrons. The van der Waals surface area contributed by atoms with E-state index in [-0.39, 0.29) is 0 Å². The maximum absolute atomic E-state index is 11.1. The van der Waals surface area contributed by atoms with Crippen LogP contribution in [0.5, 0.6) is 11.6 Å². The number of aromatic nitrogens is 1. The maximum atomic E-state index is 11.1. The first-order valence-corrected chi connectivity index (χ1v) is 11.4. The number of primary amides is 1. The van der Waals surface area contributed by atoms with Crippen LogP contribution in [0.4, 0.5) is 0 Å². The van der Waals surface area contributed by atoms with Gasteiger partial charge in [-0.2, -0.15) is 0 Å². The Kier molecular flexibility index (Phi) is 9.26. The van der Waals surface area contributed by atoms with Crippen LogP contribution in [0.25, 0.3) is 0 Å². The van der Waals surface area contributed by atoms with Crippen molar-refractivity contribution >= 4 is 5.91 Å². The Balaban J connectivity index is 1.48. The molecule has 0 aliphatic carbocycles. The van der Waals surface area contributed by atoms with Crippen molar-refractivity contribution in [3.8, 4) is 11.6 Å². The van der Waals surface area contributed by atoms with Crippen molar-refractivity contribution in [3.05, 3.63) is 89.6 Å². The lowest BCUT2D eigenvalue weighted by Gasteiger charge is -2.22. The topological polar surface area (TPSA) is 68.5 Å². The summed E-state index contributed by atoms with van der Waals surface area (Å²) in [7, 11) is 0. The van der Waals surface area contributed by atoms with E-state index in [2.05, 4.69) is 59.3 Å². The SMILES string of the molecule is CCCCCN(CCCc1ccc(Oc2ccc(C(N)=O)cn2)cc1)Cc1ccccc1. The minimum absolute atomic E-state index is 0.365. The van der Waals surface area contributed by atoms with Crippen LogP contribution in [0, 0.1) is 0 Å². The van der Waals surface area contributed by atoms with Gasteiger partial charge in [0.25, 0.3) is 0 Å². The van der Waals surface area contributed by atoms with E-state index in [1.54, 1.807) is 12.1 Å². The molecule has 2 aromatic carbocycles. The van der Waals surface area contributed by atoms with E-state index in [0.29, 0.717) is 11.4 Å². The van der Waals surface area contributed by atoms with Gasteiger partial charge >= 0.3 is 0 Å². The molecule has 0 aliphatic rings. The van der Waals surface area contributed by atoms with Crippen molar-refractivity contribution in [2.75, 3.05) is 13.1 Å². The van der Waals surface area contributed by atoms with E-state index in [0.717, 1.165) is 38.2 Å². The maximum Gasteiger partial charge on any atom is 0.250 e. The number of nitrogens with zero attached hydrogens (tertiary/aromatic N) is 2. The average Bonchev–Trinajstić information content (AvgIpc) is 2.81. The van der Waals surface area contributed by atoms with Crippen molar-refractivity contribution < 1.29 is 9.53 Å². The van der Waals surface area contributed by atoms with Crippen molar-refractivity contribution in [1.82, 2.24) is 9.88 Å². The fourth-order valence-electron chi connectivity index (χ4n) is 3.64. The Labute approximate surface area is 191 Å². The summed E-state index contributed by atoms with van der Waals surface area (Å²) in [4.78, 5) is 17.8. The summed E-state index contributed by atoms with van der Waals surface area (Å²) < 4.78 is 5.76. The molecule has 0 saturated heterocycles. The molecule has 2 N–H and O–H groups in total. The number of pyridine rings is 1. The predicted molar refractivity (Wildman–Crippen MR) is 129 cm³/mol. The van der Waals surface area contributed by atoms with Gasteiger partial charge in [0.05, 0.1) is 5.56 Å². The standard InChI is InChI=1S/C27H33N3O2/c1-2-3-7-18-30(21-23-9-5-4-6-10-23)19-8-11-22-12-15-25(16-13-22)32-26-17-14-24(20-29-26)27(28)31/h4-6,9-10,12-17,20H,2-3,7-8,11,18-19,21H2,1H3,(H2,28,31). The highest BCUT2D eigenvalue weighted by Gasteiger charge is 2.07. The first-order valence-electron chi connectivity index (χ1n) is 11.4. The summed E-state index contributed by atoms with van der Waals surface area (Å²) in [6, 6.07) is 22.1. The lowest BCUT2D eigenvalue weighted by Crippen LogP contribution is -2.26. The van der Waals surface area contributed by atoms with E-state index in [9.17, 15) is 4.79 Å². The van der Waals surface area contributed by atoms with Gasteiger partial charge in [-0.25, -0.2) is 4.98 Å². The third kappa shape index (κ3) is 7.82. The zero-order valence-electron chi connectivity index (χ0n) is 18.9. The number of rotatable bonds is 13. The summed E-state index contributed by atoms with van der Waals surface area (Å²) in [6.07, 6.45) is 7.36. The minimum Gasteiger partial charge on any atom is -0.439 e. The number of nitrogens with two attached hydrogens (primary N) is 1. The van der Waals surface area contributed by atoms with Gasteiger partial charge in [0, 0.05) is 18.8 Å². The number of aryl methyl sites for hydroxylation is 1. The van der Waals surface area contributed by atoms with Crippen LogP contribution in [0.3, 0.4) is 0 Å². The molecule has 1 aromatic heterocycles. The number of ether oxygens (including phenoxy) is 1. The highest BCUT2D eigenvalue weighted by Crippen LogP contribution is 2.20. The van der Waals surface area contributed by atoms with E-state index in [1.807, 2.05) is 12.1 Å². The second-order valence-electron chi connectivity index (χ2n) is 8.07. The van der Waals surface area contributed by atoms with Gasteiger partial charge in [0.15, 0.2) is 0 Å². The third-order valence-corrected chi connectivity index (χ3v) is 5.43. The Hall–Kier alpha value is -3.18. The van der Waals surface area contributed by atoms with Crippen LogP contribution in [-0.4, -0.2) is 28.9 Å². The van der Waals surface area contributed by atoms with Crippen LogP contribution < -0.4 is 10.5 Å². The molecule has 0 spiro atoms. The molecule has 3 rings (SSSR count). The summed E-state index contributed by atoms with van der Waals surface area (Å²) >= 11 is 0. The number of benzene rings is 2. The van der Waals surface area contributed by atoms with Crippen molar-refractivity contribution in [1.29, 1.82) is 0 Å². The second-order valence-corrected chi connectivity index (χ2v) is 8.07. The van der Waals surface area contributed by atoms with E-state index < -0.39 is 5.91 Å². The van der Waals surface area contributed by atoms with Gasteiger partial charge in [-0.3, -0.25) is 9.69 Å². The smallest absolute Gasteiger partial charge is 0.250 e. The lowest BCUT2D eigenvalue weighted by molar-refractivity contribution is 0.1000. The van der Waals surface area contributed by atoms with Crippen LogP contribution >= 0.6 is 0 Å². The number of carbonyl (C=O) groups is 1. The van der Waals surface area contributed by atoms with Crippen LogP contribution in [0.15, 0.2) is 72.9 Å². The Morgan fingerprint density at radius 3 is 2.31 bits per heavy atom. The summed E-state index contributed by atoms with van der Waals surface area (Å²) in [5.74, 6) is 0.658. The minimum atomic E-state index is -0.499. The molecule has 5 heteroatoms. The van der Waals surface area contributed by atoms with E-state index >= 15 is 0 Å². The largest absolute Gasteiger partial charge is 0.439 e. The highest BCUT2D eigenvalue weighted by molar-refractivity contribution is 5.92. The molecule has 0 saturated carbocycles. The molecule has 3 aromatic rings.